The fourth-order valence-corrected chi connectivity index (χ4v) is 1.23. The molecule has 0 aliphatic rings. The van der Waals surface area contributed by atoms with Gasteiger partial charge < -0.3 is 0 Å². The van der Waals surface area contributed by atoms with Gasteiger partial charge in [0.15, 0.2) is 6.10 Å². The number of halogens is 3. The molecule has 0 fully saturated rings. The van der Waals surface area contributed by atoms with Crippen LogP contribution in [0.15, 0.2) is 0 Å². The van der Waals surface area contributed by atoms with Gasteiger partial charge in [0.25, 0.3) is 0 Å². The molecular weight excluding hydrogens is 235 g/mol. The third-order valence-electron chi connectivity index (χ3n) is 1.41. The lowest BCUT2D eigenvalue weighted by atomic mass is 9.90. The first-order valence-corrected chi connectivity index (χ1v) is 5.22. The van der Waals surface area contributed by atoms with Crippen LogP contribution < -0.4 is 0 Å². The predicted molar refractivity (Wildman–Crippen MR) is 44.9 cm³/mol. The van der Waals surface area contributed by atoms with Gasteiger partial charge in [-0.15, -0.1) is 0 Å². The molecule has 0 N–H and O–H groups in total. The number of hydrogen-bond donors (Lipinski definition) is 0. The maximum absolute atomic E-state index is 11.9. The van der Waals surface area contributed by atoms with Gasteiger partial charge in [-0.05, 0) is 0 Å². The Labute approximate surface area is 85.8 Å². The van der Waals surface area contributed by atoms with Crippen molar-refractivity contribution in [3.05, 3.63) is 0 Å². The molecule has 8 heteroatoms. The topological polar surface area (TPSA) is 67.2 Å². The molecule has 0 amide bonds. The second kappa shape index (κ2) is 3.98. The summed E-state index contributed by atoms with van der Waals surface area (Å²) in [5.74, 6) is 0. The Morgan fingerprint density at radius 2 is 1.67 bits per heavy atom. The van der Waals surface area contributed by atoms with E-state index in [1.165, 1.54) is 26.8 Å². The van der Waals surface area contributed by atoms with Crippen LogP contribution in [0.4, 0.5) is 13.2 Å². The summed E-state index contributed by atoms with van der Waals surface area (Å²) in [6.45, 7) is 4.19. The highest BCUT2D eigenvalue weighted by atomic mass is 32.2. The second-order valence-electron chi connectivity index (χ2n) is 3.87. The highest BCUT2D eigenvalue weighted by Crippen LogP contribution is 2.30. The molecule has 0 aliphatic heterocycles. The monoisotopic (exact) mass is 245 g/mol. The number of alkyl halides is 3. The standard InChI is InChI=1S/C7H10F3NO3S/c1-6(2,3)5(4-11)14-15(12,13)7(8,9)10/h5H,1-3H3. The fraction of sp³-hybridized carbons (Fsp3) is 0.857. The molecule has 0 saturated carbocycles. The minimum absolute atomic E-state index is 1.02. The zero-order valence-electron chi connectivity index (χ0n) is 8.29. The molecule has 0 heterocycles. The molecule has 0 saturated heterocycles. The van der Waals surface area contributed by atoms with Crippen molar-refractivity contribution in [3.8, 4) is 6.07 Å². The van der Waals surface area contributed by atoms with Crippen LogP contribution in [0.5, 0.6) is 0 Å². The Morgan fingerprint density at radius 3 is 1.87 bits per heavy atom. The summed E-state index contributed by atoms with van der Waals surface area (Å²) in [6, 6.07) is 1.37. The van der Waals surface area contributed by atoms with Gasteiger partial charge in [0.2, 0.25) is 0 Å². The Balaban J connectivity index is 4.99. The number of hydrogen-bond acceptors (Lipinski definition) is 4. The van der Waals surface area contributed by atoms with E-state index in [0.29, 0.717) is 0 Å². The molecule has 15 heavy (non-hydrogen) atoms. The highest BCUT2D eigenvalue weighted by molar-refractivity contribution is 7.87. The molecule has 1 unspecified atom stereocenters. The van der Waals surface area contributed by atoms with E-state index in [9.17, 15) is 21.6 Å². The lowest BCUT2D eigenvalue weighted by molar-refractivity contribution is -0.0587. The molecule has 0 aromatic heterocycles. The molecule has 0 bridgehead atoms. The molecule has 88 valence electrons. The van der Waals surface area contributed by atoms with Gasteiger partial charge in [0.05, 0.1) is 6.07 Å². The van der Waals surface area contributed by atoms with E-state index in [2.05, 4.69) is 4.18 Å². The largest absolute Gasteiger partial charge is 0.523 e. The van der Waals surface area contributed by atoms with Crippen molar-refractivity contribution < 1.29 is 25.8 Å². The molecule has 0 aromatic rings. The van der Waals surface area contributed by atoms with E-state index in [-0.39, 0.29) is 0 Å². The van der Waals surface area contributed by atoms with E-state index in [1.807, 2.05) is 0 Å². The molecule has 1 atom stereocenters. The van der Waals surface area contributed by atoms with Crippen LogP contribution >= 0.6 is 0 Å². The van der Waals surface area contributed by atoms with Gasteiger partial charge in [0.1, 0.15) is 0 Å². The smallest absolute Gasteiger partial charge is 0.244 e. The van der Waals surface area contributed by atoms with E-state index in [1.54, 1.807) is 0 Å². The lowest BCUT2D eigenvalue weighted by Crippen LogP contribution is -2.35. The average Bonchev–Trinajstić information content (AvgIpc) is 1.95. The molecule has 0 rings (SSSR count). The summed E-state index contributed by atoms with van der Waals surface area (Å²) < 4.78 is 60.6. The SMILES string of the molecule is CC(C)(C)C(C#N)OS(=O)(=O)C(F)(F)F. The van der Waals surface area contributed by atoms with Crippen LogP contribution in [0.1, 0.15) is 20.8 Å². The Morgan fingerprint density at radius 1 is 1.27 bits per heavy atom. The van der Waals surface area contributed by atoms with Gasteiger partial charge in [-0.2, -0.15) is 26.9 Å². The van der Waals surface area contributed by atoms with Gasteiger partial charge in [-0.25, -0.2) is 4.18 Å². The molecule has 0 spiro atoms. The third-order valence-corrected chi connectivity index (χ3v) is 2.42. The van der Waals surface area contributed by atoms with Crippen molar-refractivity contribution in [2.24, 2.45) is 5.41 Å². The summed E-state index contributed by atoms with van der Waals surface area (Å²) in [5, 5.41) is 8.48. The number of nitrogens with zero attached hydrogens (tertiary/aromatic N) is 1. The molecule has 4 nitrogen and oxygen atoms in total. The second-order valence-corrected chi connectivity index (χ2v) is 5.43. The molecular formula is C7H10F3NO3S. The minimum Gasteiger partial charge on any atom is -0.244 e. The van der Waals surface area contributed by atoms with Crippen molar-refractivity contribution in [1.82, 2.24) is 0 Å². The van der Waals surface area contributed by atoms with Crippen molar-refractivity contribution in [1.29, 1.82) is 5.26 Å². The Hall–Kier alpha value is -0.810. The third kappa shape index (κ3) is 3.68. The number of rotatable bonds is 2. The molecule has 0 radical (unpaired) electrons. The first-order valence-electron chi connectivity index (χ1n) is 3.81. The average molecular weight is 245 g/mol. The van der Waals surface area contributed by atoms with Crippen LogP contribution in [0.2, 0.25) is 0 Å². The van der Waals surface area contributed by atoms with E-state index >= 15 is 0 Å². The quantitative estimate of drug-likeness (QED) is 0.549. The Kier molecular flexibility index (Phi) is 3.77. The minimum atomic E-state index is -5.71. The van der Waals surface area contributed by atoms with Gasteiger partial charge in [-0.1, -0.05) is 20.8 Å². The molecule has 0 aliphatic carbocycles. The van der Waals surface area contributed by atoms with E-state index in [0.717, 1.165) is 0 Å². The summed E-state index contributed by atoms with van der Waals surface area (Å²) >= 11 is 0. The maximum Gasteiger partial charge on any atom is 0.523 e. The van der Waals surface area contributed by atoms with Gasteiger partial charge in [-0.3, -0.25) is 0 Å². The van der Waals surface area contributed by atoms with E-state index < -0.39 is 27.1 Å². The van der Waals surface area contributed by atoms with Crippen LogP contribution in [0.3, 0.4) is 0 Å². The molecule has 0 aromatic carbocycles. The maximum atomic E-state index is 11.9. The summed E-state index contributed by atoms with van der Waals surface area (Å²) in [7, 11) is -5.71. The van der Waals surface area contributed by atoms with Gasteiger partial charge >= 0.3 is 15.6 Å². The van der Waals surface area contributed by atoms with Crippen LogP contribution in [-0.2, 0) is 14.3 Å². The summed E-state index contributed by atoms with van der Waals surface area (Å²) in [4.78, 5) is 0. The van der Waals surface area contributed by atoms with Crippen LogP contribution in [0, 0.1) is 16.7 Å². The summed E-state index contributed by atoms with van der Waals surface area (Å²) in [6.07, 6.45) is -1.68. The zero-order valence-corrected chi connectivity index (χ0v) is 9.11. The van der Waals surface area contributed by atoms with Crippen molar-refractivity contribution in [2.75, 3.05) is 0 Å². The normalized spacial score (nSPS) is 15.8. The first-order chi connectivity index (χ1) is 6.42. The fourth-order valence-electron chi connectivity index (χ4n) is 0.541. The van der Waals surface area contributed by atoms with Crippen LogP contribution in [-0.4, -0.2) is 20.0 Å². The van der Waals surface area contributed by atoms with Crippen LogP contribution in [0.25, 0.3) is 0 Å². The Bertz CT molecular complexity index is 360. The predicted octanol–water partition coefficient (Wildman–Crippen LogP) is 1.79. The van der Waals surface area contributed by atoms with Crippen molar-refractivity contribution in [3.63, 3.8) is 0 Å². The van der Waals surface area contributed by atoms with E-state index in [4.69, 9.17) is 5.26 Å². The number of nitriles is 1. The van der Waals surface area contributed by atoms with Gasteiger partial charge in [0, 0.05) is 5.41 Å². The van der Waals surface area contributed by atoms with Crippen molar-refractivity contribution >= 4 is 10.1 Å². The highest BCUT2D eigenvalue weighted by Gasteiger charge is 2.50. The first kappa shape index (κ1) is 14.2. The zero-order chi connectivity index (χ0) is 12.5. The van der Waals surface area contributed by atoms with Crippen molar-refractivity contribution in [2.45, 2.75) is 32.4 Å². The lowest BCUT2D eigenvalue weighted by Gasteiger charge is -2.24. The summed E-state index contributed by atoms with van der Waals surface area (Å²) in [5.41, 5.74) is -6.53.